The second-order valence-corrected chi connectivity index (χ2v) is 7.23. The molecule has 0 spiro atoms. The highest BCUT2D eigenvalue weighted by molar-refractivity contribution is 6.42. The van der Waals surface area contributed by atoms with Gasteiger partial charge in [0.05, 0.1) is 11.6 Å². The summed E-state index contributed by atoms with van der Waals surface area (Å²) in [6.07, 6.45) is 2.59. The Morgan fingerprint density at radius 1 is 1.33 bits per heavy atom. The fourth-order valence-electron chi connectivity index (χ4n) is 3.04. The van der Waals surface area contributed by atoms with Crippen molar-refractivity contribution in [3.05, 3.63) is 28.2 Å². The number of halogens is 2. The molecule has 0 atom stereocenters. The van der Waals surface area contributed by atoms with E-state index in [1.807, 2.05) is 0 Å². The predicted octanol–water partition coefficient (Wildman–Crippen LogP) is 3.19. The molecule has 0 unspecified atom stereocenters. The number of likely N-dealkylation sites (tertiary alicyclic amines) is 1. The van der Waals surface area contributed by atoms with Gasteiger partial charge in [0, 0.05) is 33.1 Å². The van der Waals surface area contributed by atoms with E-state index in [1.54, 1.807) is 25.2 Å². The van der Waals surface area contributed by atoms with Crippen molar-refractivity contribution in [2.75, 3.05) is 39.8 Å². The van der Waals surface area contributed by atoms with Gasteiger partial charge < -0.3 is 20.3 Å². The van der Waals surface area contributed by atoms with Crippen molar-refractivity contribution < 1.29 is 9.53 Å². The summed E-state index contributed by atoms with van der Waals surface area (Å²) >= 11 is 12.1. The number of carbonyl (C=O) groups is 1. The molecule has 2 rings (SSSR count). The van der Waals surface area contributed by atoms with Crippen molar-refractivity contribution in [1.29, 1.82) is 0 Å². The Bertz CT molecular complexity index is 647. The van der Waals surface area contributed by atoms with Crippen molar-refractivity contribution >= 4 is 35.1 Å². The molecule has 0 aromatic heterocycles. The van der Waals surface area contributed by atoms with Crippen LogP contribution >= 0.6 is 23.2 Å². The summed E-state index contributed by atoms with van der Waals surface area (Å²) < 4.78 is 5.69. The molecule has 0 bridgehead atoms. The molecule has 1 saturated heterocycles. The number of nitrogens with one attached hydrogen (secondary N) is 2. The minimum atomic E-state index is 0.117. The Kier molecular flexibility index (Phi) is 9.01. The molecule has 0 aliphatic carbocycles. The highest BCUT2D eigenvalue weighted by atomic mass is 35.5. The molecule has 2 N–H and O–H groups in total. The average Bonchev–Trinajstić information content (AvgIpc) is 2.68. The van der Waals surface area contributed by atoms with Gasteiger partial charge in [-0.05, 0) is 37.8 Å². The lowest BCUT2D eigenvalue weighted by Gasteiger charge is -2.34. The lowest BCUT2D eigenvalue weighted by Crippen LogP contribution is -2.46. The summed E-state index contributed by atoms with van der Waals surface area (Å²) in [5, 5.41) is 6.94. The van der Waals surface area contributed by atoms with E-state index in [0.29, 0.717) is 41.3 Å². The minimum absolute atomic E-state index is 0.117. The lowest BCUT2D eigenvalue weighted by molar-refractivity contribution is -0.121. The van der Waals surface area contributed by atoms with Crippen LogP contribution < -0.4 is 15.4 Å². The summed E-state index contributed by atoms with van der Waals surface area (Å²) in [6, 6.07) is 5.33. The molecule has 1 heterocycles. The highest BCUT2D eigenvalue weighted by Crippen LogP contribution is 2.31. The van der Waals surface area contributed by atoms with Crippen LogP contribution in [0.1, 0.15) is 26.2 Å². The Morgan fingerprint density at radius 2 is 2.07 bits per heavy atom. The van der Waals surface area contributed by atoms with Crippen LogP contribution in [0.5, 0.6) is 5.75 Å². The van der Waals surface area contributed by atoms with E-state index < -0.39 is 0 Å². The summed E-state index contributed by atoms with van der Waals surface area (Å²) in [6.45, 7) is 5.59. The molecule has 1 aliphatic rings. The van der Waals surface area contributed by atoms with Crippen LogP contribution in [0.2, 0.25) is 10.0 Å². The number of aliphatic imine (C=N–C) groups is 1. The molecule has 27 heavy (non-hydrogen) atoms. The standard InChI is InChI=1S/C19H28Cl2N4O2/c1-3-23-19(25-10-7-14(8-11-25)13-17(26)22-2)24-9-12-27-16-6-4-5-15(20)18(16)21/h4-6,14H,3,7-13H2,1-2H3,(H,22,26)(H,23,24). The van der Waals surface area contributed by atoms with Crippen LogP contribution in [0.15, 0.2) is 23.2 Å². The Morgan fingerprint density at radius 3 is 2.74 bits per heavy atom. The third-order valence-electron chi connectivity index (χ3n) is 4.53. The van der Waals surface area contributed by atoms with Gasteiger partial charge in [-0.15, -0.1) is 0 Å². The number of nitrogens with zero attached hydrogens (tertiary/aromatic N) is 2. The van der Waals surface area contributed by atoms with Crippen molar-refractivity contribution in [2.24, 2.45) is 10.9 Å². The van der Waals surface area contributed by atoms with Crippen LogP contribution in [0.25, 0.3) is 0 Å². The maximum Gasteiger partial charge on any atom is 0.220 e. The first-order valence-electron chi connectivity index (χ1n) is 9.35. The van der Waals surface area contributed by atoms with E-state index >= 15 is 0 Å². The number of carbonyl (C=O) groups excluding carboxylic acids is 1. The minimum Gasteiger partial charge on any atom is -0.490 e. The van der Waals surface area contributed by atoms with Gasteiger partial charge in [-0.25, -0.2) is 4.99 Å². The van der Waals surface area contributed by atoms with Gasteiger partial charge in [0.25, 0.3) is 0 Å². The Balaban J connectivity index is 1.84. The zero-order valence-corrected chi connectivity index (χ0v) is 17.4. The molecule has 1 aromatic carbocycles. The van der Waals surface area contributed by atoms with E-state index in [-0.39, 0.29) is 5.91 Å². The third kappa shape index (κ3) is 6.78. The van der Waals surface area contributed by atoms with Gasteiger partial charge >= 0.3 is 0 Å². The first-order valence-corrected chi connectivity index (χ1v) is 10.1. The fourth-order valence-corrected chi connectivity index (χ4v) is 3.39. The zero-order valence-electron chi connectivity index (χ0n) is 15.9. The molecule has 0 radical (unpaired) electrons. The number of guanidine groups is 1. The smallest absolute Gasteiger partial charge is 0.220 e. The maximum atomic E-state index is 11.5. The zero-order chi connectivity index (χ0) is 19.6. The number of rotatable bonds is 7. The van der Waals surface area contributed by atoms with Crippen LogP contribution in [-0.2, 0) is 4.79 Å². The number of hydrogen-bond acceptors (Lipinski definition) is 3. The van der Waals surface area contributed by atoms with E-state index in [0.717, 1.165) is 38.4 Å². The van der Waals surface area contributed by atoms with E-state index in [9.17, 15) is 4.79 Å². The van der Waals surface area contributed by atoms with Crippen LogP contribution in [0, 0.1) is 5.92 Å². The molecule has 1 aromatic rings. The molecule has 0 saturated carbocycles. The highest BCUT2D eigenvalue weighted by Gasteiger charge is 2.23. The van der Waals surface area contributed by atoms with Crippen molar-refractivity contribution in [3.8, 4) is 5.75 Å². The SMILES string of the molecule is CCNC(=NCCOc1cccc(Cl)c1Cl)N1CCC(CC(=O)NC)CC1. The van der Waals surface area contributed by atoms with Crippen LogP contribution in [0.4, 0.5) is 0 Å². The molecule has 1 aliphatic heterocycles. The summed E-state index contributed by atoms with van der Waals surface area (Å²) in [7, 11) is 1.69. The number of benzene rings is 1. The maximum absolute atomic E-state index is 11.5. The molecule has 150 valence electrons. The molecule has 8 heteroatoms. The first-order chi connectivity index (χ1) is 13.0. The normalized spacial score (nSPS) is 15.6. The topological polar surface area (TPSA) is 66.0 Å². The second kappa shape index (κ2) is 11.2. The number of amides is 1. The van der Waals surface area contributed by atoms with Gasteiger partial charge in [0.1, 0.15) is 17.4 Å². The largest absolute Gasteiger partial charge is 0.490 e. The summed E-state index contributed by atoms with van der Waals surface area (Å²) in [4.78, 5) is 18.4. The summed E-state index contributed by atoms with van der Waals surface area (Å²) in [5.41, 5.74) is 0. The second-order valence-electron chi connectivity index (χ2n) is 6.44. The predicted molar refractivity (Wildman–Crippen MR) is 111 cm³/mol. The summed E-state index contributed by atoms with van der Waals surface area (Å²) in [5.74, 6) is 2.01. The third-order valence-corrected chi connectivity index (χ3v) is 5.33. The fraction of sp³-hybridized carbons (Fsp3) is 0.579. The van der Waals surface area contributed by atoms with E-state index in [2.05, 4.69) is 27.4 Å². The monoisotopic (exact) mass is 414 g/mol. The lowest BCUT2D eigenvalue weighted by atomic mass is 9.93. The van der Waals surface area contributed by atoms with Crippen molar-refractivity contribution in [2.45, 2.75) is 26.2 Å². The van der Waals surface area contributed by atoms with Crippen molar-refractivity contribution in [3.63, 3.8) is 0 Å². The number of piperidine rings is 1. The Labute approximate surface area is 171 Å². The van der Waals surface area contributed by atoms with Gasteiger partial charge in [-0.3, -0.25) is 4.79 Å². The van der Waals surface area contributed by atoms with Gasteiger partial charge in [-0.1, -0.05) is 29.3 Å². The first kappa shape index (κ1) is 21.6. The van der Waals surface area contributed by atoms with E-state index in [4.69, 9.17) is 27.9 Å². The number of hydrogen-bond donors (Lipinski definition) is 2. The quantitative estimate of drug-likeness (QED) is 0.408. The van der Waals surface area contributed by atoms with Gasteiger partial charge in [-0.2, -0.15) is 0 Å². The molecular weight excluding hydrogens is 387 g/mol. The molecular formula is C19H28Cl2N4O2. The van der Waals surface area contributed by atoms with E-state index in [1.165, 1.54) is 0 Å². The Hall–Kier alpha value is -1.66. The molecule has 1 fully saturated rings. The number of ether oxygens (including phenoxy) is 1. The van der Waals surface area contributed by atoms with Crippen molar-refractivity contribution in [1.82, 2.24) is 15.5 Å². The molecule has 6 nitrogen and oxygen atoms in total. The van der Waals surface area contributed by atoms with Gasteiger partial charge in [0.2, 0.25) is 5.91 Å². The van der Waals surface area contributed by atoms with Gasteiger partial charge in [0.15, 0.2) is 5.96 Å². The average molecular weight is 415 g/mol. The van der Waals surface area contributed by atoms with Crippen LogP contribution in [-0.4, -0.2) is 56.6 Å². The molecule has 1 amide bonds. The van der Waals surface area contributed by atoms with Crippen LogP contribution in [0.3, 0.4) is 0 Å².